The van der Waals surface area contributed by atoms with Crippen LogP contribution in [0.4, 0.5) is 15.9 Å². The topological polar surface area (TPSA) is 96.7 Å². The van der Waals surface area contributed by atoms with Gasteiger partial charge in [0.2, 0.25) is 0 Å². The molecular weight excluding hydrogens is 309 g/mol. The van der Waals surface area contributed by atoms with Crippen LogP contribution in [0, 0.1) is 23.1 Å². The van der Waals surface area contributed by atoms with Crippen LogP contribution in [0.1, 0.15) is 42.1 Å². The third-order valence-electron chi connectivity index (χ3n) is 4.34. The number of benzene rings is 1. The molecular formula is C17H18FN5O. The van der Waals surface area contributed by atoms with Crippen LogP contribution in [0.3, 0.4) is 0 Å². The van der Waals surface area contributed by atoms with Gasteiger partial charge in [0.15, 0.2) is 5.82 Å². The van der Waals surface area contributed by atoms with Gasteiger partial charge in [0.05, 0.1) is 18.0 Å². The Morgan fingerprint density at radius 3 is 2.71 bits per heavy atom. The van der Waals surface area contributed by atoms with E-state index in [0.717, 1.165) is 25.7 Å². The minimum absolute atomic E-state index is 0.0642. The molecule has 1 amide bonds. The minimum Gasteiger partial charge on any atom is -0.365 e. The van der Waals surface area contributed by atoms with E-state index in [1.54, 1.807) is 23.0 Å². The number of halogens is 1. The van der Waals surface area contributed by atoms with E-state index in [4.69, 9.17) is 5.73 Å². The first-order chi connectivity index (χ1) is 11.6. The molecule has 0 unspecified atom stereocenters. The molecule has 3 N–H and O–H groups in total. The zero-order valence-electron chi connectivity index (χ0n) is 13.1. The fourth-order valence-electron chi connectivity index (χ4n) is 3.08. The number of carbonyl (C=O) groups excluding carboxylic acids is 1. The molecule has 0 radical (unpaired) electrons. The average Bonchev–Trinajstić information content (AvgIpc) is 3.01. The van der Waals surface area contributed by atoms with Gasteiger partial charge in [0.1, 0.15) is 11.4 Å². The SMILES string of the molecule is N#C[C@H]1CCCC[C@@H]1n1cc(C(N)=O)c(Nc2ccc(F)cc2)n1. The molecule has 0 spiro atoms. The van der Waals surface area contributed by atoms with Crippen LogP contribution in [0.5, 0.6) is 0 Å². The molecule has 1 aliphatic rings. The van der Waals surface area contributed by atoms with Crippen molar-refractivity contribution in [2.45, 2.75) is 31.7 Å². The van der Waals surface area contributed by atoms with Crippen LogP contribution in [-0.2, 0) is 0 Å². The number of nitrogens with one attached hydrogen (secondary N) is 1. The van der Waals surface area contributed by atoms with Gasteiger partial charge >= 0.3 is 0 Å². The van der Waals surface area contributed by atoms with Gasteiger partial charge < -0.3 is 11.1 Å². The Kier molecular flexibility index (Phi) is 4.47. The second kappa shape index (κ2) is 6.71. The summed E-state index contributed by atoms with van der Waals surface area (Å²) in [5.41, 5.74) is 6.30. The number of rotatable bonds is 4. The molecule has 1 aromatic carbocycles. The van der Waals surface area contributed by atoms with Crippen molar-refractivity contribution < 1.29 is 9.18 Å². The molecule has 1 saturated carbocycles. The Balaban J connectivity index is 1.91. The van der Waals surface area contributed by atoms with Gasteiger partial charge in [-0.2, -0.15) is 10.4 Å². The average molecular weight is 327 g/mol. The number of amides is 1. The molecule has 1 aliphatic carbocycles. The van der Waals surface area contributed by atoms with E-state index in [2.05, 4.69) is 16.5 Å². The van der Waals surface area contributed by atoms with E-state index >= 15 is 0 Å². The van der Waals surface area contributed by atoms with Crippen LogP contribution in [0.2, 0.25) is 0 Å². The van der Waals surface area contributed by atoms with E-state index in [1.807, 2.05) is 0 Å². The first-order valence-electron chi connectivity index (χ1n) is 7.89. The summed E-state index contributed by atoms with van der Waals surface area (Å²) in [5.74, 6) is -0.759. The van der Waals surface area contributed by atoms with Crippen molar-refractivity contribution in [3.05, 3.63) is 41.8 Å². The van der Waals surface area contributed by atoms with Crippen molar-refractivity contribution in [1.29, 1.82) is 5.26 Å². The lowest BCUT2D eigenvalue weighted by atomic mass is 9.85. The van der Waals surface area contributed by atoms with Crippen LogP contribution >= 0.6 is 0 Å². The summed E-state index contributed by atoms with van der Waals surface area (Å²) in [6.45, 7) is 0. The summed E-state index contributed by atoms with van der Waals surface area (Å²) < 4.78 is 14.7. The Morgan fingerprint density at radius 1 is 1.33 bits per heavy atom. The van der Waals surface area contributed by atoms with Crippen molar-refractivity contribution in [2.24, 2.45) is 11.7 Å². The van der Waals surface area contributed by atoms with Crippen LogP contribution in [0.15, 0.2) is 30.5 Å². The molecule has 2 atom stereocenters. The first-order valence-corrected chi connectivity index (χ1v) is 7.89. The first kappa shape index (κ1) is 16.0. The van der Waals surface area contributed by atoms with Crippen molar-refractivity contribution >= 4 is 17.4 Å². The number of anilines is 2. The number of primary amides is 1. The zero-order chi connectivity index (χ0) is 17.1. The summed E-state index contributed by atoms with van der Waals surface area (Å²) in [7, 11) is 0. The normalized spacial score (nSPS) is 20.3. The van der Waals surface area contributed by atoms with Crippen molar-refractivity contribution in [2.75, 3.05) is 5.32 Å². The molecule has 1 heterocycles. The number of carbonyl (C=O) groups is 1. The second-order valence-corrected chi connectivity index (χ2v) is 5.95. The molecule has 0 saturated heterocycles. The molecule has 6 nitrogen and oxygen atoms in total. The molecule has 24 heavy (non-hydrogen) atoms. The predicted molar refractivity (Wildman–Crippen MR) is 87.0 cm³/mol. The molecule has 2 aromatic rings. The Morgan fingerprint density at radius 2 is 2.04 bits per heavy atom. The number of nitrogens with zero attached hydrogens (tertiary/aromatic N) is 3. The minimum atomic E-state index is -0.602. The maximum absolute atomic E-state index is 13.0. The third kappa shape index (κ3) is 3.23. The van der Waals surface area contributed by atoms with Crippen molar-refractivity contribution in [3.8, 4) is 6.07 Å². The summed E-state index contributed by atoms with van der Waals surface area (Å²) in [6.07, 6.45) is 5.31. The predicted octanol–water partition coefficient (Wildman–Crippen LogP) is 3.12. The smallest absolute Gasteiger partial charge is 0.254 e. The summed E-state index contributed by atoms with van der Waals surface area (Å²) in [6, 6.07) is 8.00. The van der Waals surface area contributed by atoms with Crippen molar-refractivity contribution in [1.82, 2.24) is 9.78 Å². The molecule has 7 heteroatoms. The highest BCUT2D eigenvalue weighted by atomic mass is 19.1. The standard InChI is InChI=1S/C17H18FN5O/c18-12-5-7-13(8-6-12)21-17-14(16(20)24)10-23(22-17)15-4-2-1-3-11(15)9-19/h5-8,10-11,15H,1-4H2,(H2,20,24)(H,21,22)/t11-,15+/m1/s1. The van der Waals surface area contributed by atoms with E-state index in [9.17, 15) is 14.4 Å². The molecule has 0 aliphatic heterocycles. The van der Waals surface area contributed by atoms with Gasteiger partial charge in [-0.25, -0.2) is 4.39 Å². The number of aromatic nitrogens is 2. The Hall–Kier alpha value is -2.88. The molecule has 1 fully saturated rings. The van der Waals surface area contributed by atoms with Gasteiger partial charge in [0.25, 0.3) is 5.91 Å². The highest BCUT2D eigenvalue weighted by Crippen LogP contribution is 2.34. The molecule has 0 bridgehead atoms. The van der Waals surface area contributed by atoms with Gasteiger partial charge in [-0.3, -0.25) is 9.48 Å². The fourth-order valence-corrected chi connectivity index (χ4v) is 3.08. The summed E-state index contributed by atoms with van der Waals surface area (Å²) in [4.78, 5) is 11.7. The van der Waals surface area contributed by atoms with E-state index < -0.39 is 5.91 Å². The summed E-state index contributed by atoms with van der Waals surface area (Å²) >= 11 is 0. The highest BCUT2D eigenvalue weighted by molar-refractivity contribution is 5.98. The van der Waals surface area contributed by atoms with Gasteiger partial charge in [-0.15, -0.1) is 0 Å². The van der Waals surface area contributed by atoms with Gasteiger partial charge in [-0.1, -0.05) is 12.8 Å². The third-order valence-corrected chi connectivity index (χ3v) is 4.34. The quantitative estimate of drug-likeness (QED) is 0.901. The molecule has 124 valence electrons. The number of hydrogen-bond acceptors (Lipinski definition) is 4. The van der Waals surface area contributed by atoms with E-state index in [1.165, 1.54) is 12.1 Å². The van der Waals surface area contributed by atoms with Gasteiger partial charge in [0, 0.05) is 11.9 Å². The number of nitrogens with two attached hydrogens (primary N) is 1. The lowest BCUT2D eigenvalue weighted by Gasteiger charge is -2.26. The largest absolute Gasteiger partial charge is 0.365 e. The van der Waals surface area contributed by atoms with Crippen LogP contribution in [-0.4, -0.2) is 15.7 Å². The maximum Gasteiger partial charge on any atom is 0.254 e. The highest BCUT2D eigenvalue weighted by Gasteiger charge is 2.28. The fraction of sp³-hybridized carbons (Fsp3) is 0.353. The number of nitriles is 1. The van der Waals surface area contributed by atoms with E-state index in [0.29, 0.717) is 11.5 Å². The Labute approximate surface area is 139 Å². The van der Waals surface area contributed by atoms with Crippen LogP contribution < -0.4 is 11.1 Å². The monoisotopic (exact) mass is 327 g/mol. The second-order valence-electron chi connectivity index (χ2n) is 5.95. The molecule has 1 aromatic heterocycles. The lowest BCUT2D eigenvalue weighted by Crippen LogP contribution is -2.22. The number of hydrogen-bond donors (Lipinski definition) is 2. The summed E-state index contributed by atoms with van der Waals surface area (Å²) in [5, 5.41) is 16.8. The maximum atomic E-state index is 13.0. The lowest BCUT2D eigenvalue weighted by molar-refractivity contribution is 0.100. The van der Waals surface area contributed by atoms with Crippen LogP contribution in [0.25, 0.3) is 0 Å². The zero-order valence-corrected chi connectivity index (χ0v) is 13.1. The van der Waals surface area contributed by atoms with Crippen molar-refractivity contribution in [3.63, 3.8) is 0 Å². The molecule has 3 rings (SSSR count). The van der Waals surface area contributed by atoms with Gasteiger partial charge in [-0.05, 0) is 37.1 Å². The Bertz CT molecular complexity index is 777. The van der Waals surface area contributed by atoms with E-state index in [-0.39, 0.29) is 23.3 Å².